The highest BCUT2D eigenvalue weighted by Gasteiger charge is 2.25. The van der Waals surface area contributed by atoms with Crippen LogP contribution in [0.4, 0.5) is 10.7 Å². The Morgan fingerprint density at radius 1 is 1.04 bits per heavy atom. The van der Waals surface area contributed by atoms with Gasteiger partial charge in [-0.25, -0.2) is 0 Å². The molecule has 0 bridgehead atoms. The molecule has 4 nitrogen and oxygen atoms in total. The fraction of sp³-hybridized carbons (Fsp3) is 0.333. The summed E-state index contributed by atoms with van der Waals surface area (Å²) in [5.41, 5.74) is 2.39. The van der Waals surface area contributed by atoms with E-state index in [-0.39, 0.29) is 11.8 Å². The normalized spacial score (nSPS) is 13.8. The number of rotatable bonds is 3. The summed E-state index contributed by atoms with van der Waals surface area (Å²) in [6, 6.07) is 7.01. The number of amides is 2. The highest BCUT2D eigenvalue weighted by molar-refractivity contribution is 7.17. The topological polar surface area (TPSA) is 58.2 Å². The van der Waals surface area contributed by atoms with Crippen molar-refractivity contribution in [1.29, 1.82) is 0 Å². The van der Waals surface area contributed by atoms with Crippen LogP contribution in [0.3, 0.4) is 0 Å². The number of thiophene rings is 1. The van der Waals surface area contributed by atoms with E-state index < -0.39 is 0 Å². The SMILES string of the molecule is CC(=O)Nc1sc2c(c1C(=O)Nc1ccc(Cl)cc1)CCCCC2. The largest absolute Gasteiger partial charge is 0.322 e. The van der Waals surface area contributed by atoms with E-state index in [4.69, 9.17) is 11.6 Å². The molecule has 2 amide bonds. The molecule has 0 saturated carbocycles. The molecular weight excluding hydrogens is 344 g/mol. The van der Waals surface area contributed by atoms with E-state index in [1.54, 1.807) is 24.3 Å². The number of nitrogens with one attached hydrogen (secondary N) is 2. The van der Waals surface area contributed by atoms with Gasteiger partial charge in [0.05, 0.1) is 5.56 Å². The van der Waals surface area contributed by atoms with Crippen LogP contribution in [0, 0.1) is 0 Å². The zero-order valence-corrected chi connectivity index (χ0v) is 15.0. The van der Waals surface area contributed by atoms with E-state index in [2.05, 4.69) is 10.6 Å². The Hall–Kier alpha value is -1.85. The standard InChI is InChI=1S/C18H19ClN2O2S/c1-11(22)20-18-16(14-5-3-2-4-6-15(14)24-18)17(23)21-13-9-7-12(19)8-10-13/h7-10H,2-6H2,1H3,(H,20,22)(H,21,23). The molecule has 126 valence electrons. The Morgan fingerprint density at radius 2 is 1.75 bits per heavy atom. The molecule has 2 aromatic rings. The van der Waals surface area contributed by atoms with Crippen LogP contribution in [-0.4, -0.2) is 11.8 Å². The number of carbonyl (C=O) groups excluding carboxylic acids is 2. The third-order valence-corrected chi connectivity index (χ3v) is 5.50. The first kappa shape index (κ1) is 17.0. The zero-order valence-electron chi connectivity index (χ0n) is 13.4. The van der Waals surface area contributed by atoms with Crippen molar-refractivity contribution in [3.05, 3.63) is 45.3 Å². The minimum absolute atomic E-state index is 0.160. The number of halogens is 1. The van der Waals surface area contributed by atoms with Crippen molar-refractivity contribution in [2.45, 2.75) is 39.0 Å². The number of anilines is 2. The summed E-state index contributed by atoms with van der Waals surface area (Å²) >= 11 is 7.42. The van der Waals surface area contributed by atoms with Gasteiger partial charge < -0.3 is 10.6 Å². The lowest BCUT2D eigenvalue weighted by atomic mass is 10.0. The summed E-state index contributed by atoms with van der Waals surface area (Å²) in [5, 5.41) is 7.01. The van der Waals surface area contributed by atoms with Gasteiger partial charge in [0, 0.05) is 22.5 Å². The highest BCUT2D eigenvalue weighted by atomic mass is 35.5. The van der Waals surface area contributed by atoms with Crippen molar-refractivity contribution in [3.8, 4) is 0 Å². The molecule has 0 atom stereocenters. The first-order valence-electron chi connectivity index (χ1n) is 8.03. The molecule has 2 N–H and O–H groups in total. The van der Waals surface area contributed by atoms with Crippen molar-refractivity contribution >= 4 is 45.4 Å². The Bertz CT molecular complexity index is 768. The molecule has 6 heteroatoms. The molecule has 1 aliphatic carbocycles. The maximum absolute atomic E-state index is 12.9. The maximum Gasteiger partial charge on any atom is 0.258 e. The van der Waals surface area contributed by atoms with Crippen LogP contribution >= 0.6 is 22.9 Å². The monoisotopic (exact) mass is 362 g/mol. The van der Waals surface area contributed by atoms with Gasteiger partial charge in [-0.3, -0.25) is 9.59 Å². The fourth-order valence-electron chi connectivity index (χ4n) is 2.96. The summed E-state index contributed by atoms with van der Waals surface area (Å²) in [6.45, 7) is 1.46. The number of carbonyl (C=O) groups is 2. The van der Waals surface area contributed by atoms with E-state index in [0.29, 0.717) is 21.3 Å². The van der Waals surface area contributed by atoms with Crippen molar-refractivity contribution < 1.29 is 9.59 Å². The van der Waals surface area contributed by atoms with Crippen molar-refractivity contribution in [1.82, 2.24) is 0 Å². The number of fused-ring (bicyclic) bond motifs is 1. The van der Waals surface area contributed by atoms with Gasteiger partial charge in [0.15, 0.2) is 0 Å². The van der Waals surface area contributed by atoms with Crippen LogP contribution in [0.2, 0.25) is 5.02 Å². The molecule has 0 aliphatic heterocycles. The van der Waals surface area contributed by atoms with E-state index in [1.807, 2.05) is 0 Å². The predicted molar refractivity (Wildman–Crippen MR) is 99.3 cm³/mol. The van der Waals surface area contributed by atoms with Gasteiger partial charge in [-0.05, 0) is 55.5 Å². The molecular formula is C18H19ClN2O2S. The van der Waals surface area contributed by atoms with Crippen molar-refractivity contribution in [2.24, 2.45) is 0 Å². The molecule has 0 saturated heterocycles. The number of hydrogen-bond donors (Lipinski definition) is 2. The van der Waals surface area contributed by atoms with Gasteiger partial charge in [-0.15, -0.1) is 11.3 Å². The van der Waals surface area contributed by atoms with Gasteiger partial charge in [0.1, 0.15) is 5.00 Å². The van der Waals surface area contributed by atoms with Crippen LogP contribution in [0.5, 0.6) is 0 Å². The second-order valence-electron chi connectivity index (χ2n) is 5.91. The Kier molecular flexibility index (Phi) is 5.21. The molecule has 0 unspecified atom stereocenters. The van der Waals surface area contributed by atoms with Crippen LogP contribution < -0.4 is 10.6 Å². The van der Waals surface area contributed by atoms with Crippen molar-refractivity contribution in [3.63, 3.8) is 0 Å². The molecule has 3 rings (SSSR count). The minimum atomic E-state index is -0.180. The Balaban J connectivity index is 1.94. The summed E-state index contributed by atoms with van der Waals surface area (Å²) < 4.78 is 0. The van der Waals surface area contributed by atoms with Gasteiger partial charge in [0.25, 0.3) is 5.91 Å². The number of benzene rings is 1. The molecule has 0 fully saturated rings. The minimum Gasteiger partial charge on any atom is -0.322 e. The van der Waals surface area contributed by atoms with Crippen LogP contribution in [0.25, 0.3) is 0 Å². The first-order chi connectivity index (χ1) is 11.5. The lowest BCUT2D eigenvalue weighted by molar-refractivity contribution is -0.114. The van der Waals surface area contributed by atoms with Gasteiger partial charge in [0.2, 0.25) is 5.91 Å². The van der Waals surface area contributed by atoms with Crippen LogP contribution in [-0.2, 0) is 17.6 Å². The summed E-state index contributed by atoms with van der Waals surface area (Å²) in [5.74, 6) is -0.340. The Labute approximate surface area is 150 Å². The molecule has 24 heavy (non-hydrogen) atoms. The fourth-order valence-corrected chi connectivity index (χ4v) is 4.42. The average Bonchev–Trinajstić information content (AvgIpc) is 2.70. The first-order valence-corrected chi connectivity index (χ1v) is 9.23. The summed E-state index contributed by atoms with van der Waals surface area (Å²) in [6.07, 6.45) is 5.24. The third kappa shape index (κ3) is 3.79. The smallest absolute Gasteiger partial charge is 0.258 e. The number of hydrogen-bond acceptors (Lipinski definition) is 3. The summed E-state index contributed by atoms with van der Waals surface area (Å²) in [4.78, 5) is 25.6. The molecule has 1 aliphatic rings. The second kappa shape index (κ2) is 7.36. The van der Waals surface area contributed by atoms with Crippen LogP contribution in [0.1, 0.15) is 47.0 Å². The third-order valence-electron chi connectivity index (χ3n) is 4.04. The van der Waals surface area contributed by atoms with Crippen LogP contribution in [0.15, 0.2) is 24.3 Å². The van der Waals surface area contributed by atoms with E-state index >= 15 is 0 Å². The molecule has 1 aromatic carbocycles. The second-order valence-corrected chi connectivity index (χ2v) is 7.45. The lowest BCUT2D eigenvalue weighted by Crippen LogP contribution is -2.16. The molecule has 0 spiro atoms. The van der Waals surface area contributed by atoms with Gasteiger partial charge in [-0.2, -0.15) is 0 Å². The Morgan fingerprint density at radius 3 is 2.46 bits per heavy atom. The maximum atomic E-state index is 12.9. The highest BCUT2D eigenvalue weighted by Crippen LogP contribution is 2.38. The quantitative estimate of drug-likeness (QED) is 0.764. The van der Waals surface area contributed by atoms with Crippen molar-refractivity contribution in [2.75, 3.05) is 10.6 Å². The van der Waals surface area contributed by atoms with E-state index in [9.17, 15) is 9.59 Å². The molecule has 1 aromatic heterocycles. The lowest BCUT2D eigenvalue weighted by Gasteiger charge is -2.09. The van der Waals surface area contributed by atoms with Gasteiger partial charge >= 0.3 is 0 Å². The predicted octanol–water partition coefficient (Wildman–Crippen LogP) is 4.88. The van der Waals surface area contributed by atoms with E-state index in [1.165, 1.54) is 29.6 Å². The average molecular weight is 363 g/mol. The molecule has 1 heterocycles. The van der Waals surface area contributed by atoms with Gasteiger partial charge in [-0.1, -0.05) is 18.0 Å². The number of aryl methyl sites for hydroxylation is 1. The van der Waals surface area contributed by atoms with E-state index in [0.717, 1.165) is 31.2 Å². The summed E-state index contributed by atoms with van der Waals surface area (Å²) in [7, 11) is 0. The molecule has 0 radical (unpaired) electrons. The zero-order chi connectivity index (χ0) is 17.1.